The topological polar surface area (TPSA) is 0 Å². The first-order chi connectivity index (χ1) is 9.74. The fraction of sp³-hybridized carbons (Fsp3) is 0.0526. The maximum absolute atomic E-state index is 6.22. The molecule has 0 aliphatic carbocycles. The van der Waals surface area contributed by atoms with Crippen molar-refractivity contribution in [2.45, 2.75) is 6.92 Å². The standard InChI is InChI=1S/C19H15Cl/c1-14-10-11-18(13-19(14)20)17-9-5-8-16(12-17)15-6-3-2-4-7-15/h2-13H,1H3. The van der Waals surface area contributed by atoms with Crippen molar-refractivity contribution in [2.24, 2.45) is 0 Å². The molecule has 0 saturated heterocycles. The Balaban J connectivity index is 2.05. The minimum atomic E-state index is 0.813. The van der Waals surface area contributed by atoms with Crippen LogP contribution >= 0.6 is 11.6 Å². The predicted octanol–water partition coefficient (Wildman–Crippen LogP) is 5.98. The number of aryl methyl sites for hydroxylation is 1. The number of hydrogen-bond donors (Lipinski definition) is 0. The molecular formula is C19H15Cl. The van der Waals surface area contributed by atoms with Crippen LogP contribution in [-0.2, 0) is 0 Å². The van der Waals surface area contributed by atoms with Crippen molar-refractivity contribution < 1.29 is 0 Å². The van der Waals surface area contributed by atoms with Crippen LogP contribution in [0.15, 0.2) is 72.8 Å². The molecule has 0 saturated carbocycles. The van der Waals surface area contributed by atoms with Gasteiger partial charge < -0.3 is 0 Å². The molecule has 0 atom stereocenters. The quantitative estimate of drug-likeness (QED) is 0.541. The van der Waals surface area contributed by atoms with Gasteiger partial charge in [-0.25, -0.2) is 0 Å². The summed E-state index contributed by atoms with van der Waals surface area (Å²) in [5.74, 6) is 0. The van der Waals surface area contributed by atoms with Crippen LogP contribution in [0.25, 0.3) is 22.3 Å². The van der Waals surface area contributed by atoms with Crippen LogP contribution in [0.4, 0.5) is 0 Å². The molecule has 0 N–H and O–H groups in total. The van der Waals surface area contributed by atoms with Crippen molar-refractivity contribution >= 4 is 11.6 Å². The van der Waals surface area contributed by atoms with Crippen molar-refractivity contribution in [3.63, 3.8) is 0 Å². The fourth-order valence-electron chi connectivity index (χ4n) is 2.28. The summed E-state index contributed by atoms with van der Waals surface area (Å²) >= 11 is 6.22. The van der Waals surface area contributed by atoms with Gasteiger partial charge in [0.25, 0.3) is 0 Å². The van der Waals surface area contributed by atoms with Gasteiger partial charge in [-0.2, -0.15) is 0 Å². The summed E-state index contributed by atoms with van der Waals surface area (Å²) in [5.41, 5.74) is 5.90. The van der Waals surface area contributed by atoms with Gasteiger partial charge in [0.05, 0.1) is 0 Å². The lowest BCUT2D eigenvalue weighted by Gasteiger charge is -2.07. The van der Waals surface area contributed by atoms with Gasteiger partial charge in [0, 0.05) is 5.02 Å². The van der Waals surface area contributed by atoms with Gasteiger partial charge in [-0.15, -0.1) is 0 Å². The lowest BCUT2D eigenvalue weighted by Crippen LogP contribution is -1.82. The number of hydrogen-bond acceptors (Lipinski definition) is 0. The number of halogens is 1. The first-order valence-electron chi connectivity index (χ1n) is 6.66. The Morgan fingerprint density at radius 3 is 1.90 bits per heavy atom. The van der Waals surface area contributed by atoms with Crippen molar-refractivity contribution in [3.05, 3.63) is 83.4 Å². The van der Waals surface area contributed by atoms with Crippen LogP contribution < -0.4 is 0 Å². The Hall–Kier alpha value is -2.05. The summed E-state index contributed by atoms with van der Waals surface area (Å²) in [6.45, 7) is 2.02. The zero-order valence-electron chi connectivity index (χ0n) is 11.3. The highest BCUT2D eigenvalue weighted by atomic mass is 35.5. The molecule has 0 aromatic heterocycles. The zero-order chi connectivity index (χ0) is 13.9. The molecule has 0 heterocycles. The molecule has 98 valence electrons. The highest BCUT2D eigenvalue weighted by Crippen LogP contribution is 2.28. The minimum Gasteiger partial charge on any atom is -0.0840 e. The summed E-state index contributed by atoms with van der Waals surface area (Å²) in [6.07, 6.45) is 0. The number of benzene rings is 3. The first-order valence-corrected chi connectivity index (χ1v) is 7.04. The monoisotopic (exact) mass is 278 g/mol. The van der Waals surface area contributed by atoms with Crippen LogP contribution in [0.3, 0.4) is 0 Å². The Morgan fingerprint density at radius 1 is 0.600 bits per heavy atom. The van der Waals surface area contributed by atoms with Crippen molar-refractivity contribution in [1.82, 2.24) is 0 Å². The van der Waals surface area contributed by atoms with E-state index >= 15 is 0 Å². The van der Waals surface area contributed by atoms with E-state index < -0.39 is 0 Å². The predicted molar refractivity (Wildman–Crippen MR) is 87.1 cm³/mol. The van der Waals surface area contributed by atoms with Gasteiger partial charge in [0.2, 0.25) is 0 Å². The molecule has 0 unspecified atom stereocenters. The maximum Gasteiger partial charge on any atom is 0.0441 e. The van der Waals surface area contributed by atoms with E-state index in [9.17, 15) is 0 Å². The van der Waals surface area contributed by atoms with Gasteiger partial charge >= 0.3 is 0 Å². The molecule has 0 nitrogen and oxygen atoms in total. The van der Waals surface area contributed by atoms with E-state index in [1.165, 1.54) is 16.7 Å². The summed E-state index contributed by atoms with van der Waals surface area (Å²) < 4.78 is 0. The molecule has 20 heavy (non-hydrogen) atoms. The number of rotatable bonds is 2. The molecule has 0 radical (unpaired) electrons. The summed E-state index contributed by atoms with van der Waals surface area (Å²) in [6, 6.07) is 25.2. The van der Waals surface area contributed by atoms with E-state index in [4.69, 9.17) is 11.6 Å². The highest BCUT2D eigenvalue weighted by molar-refractivity contribution is 6.31. The van der Waals surface area contributed by atoms with Gasteiger partial charge in [-0.1, -0.05) is 72.3 Å². The normalized spacial score (nSPS) is 10.5. The van der Waals surface area contributed by atoms with Crippen molar-refractivity contribution in [3.8, 4) is 22.3 Å². The van der Waals surface area contributed by atoms with Crippen LogP contribution in [0.1, 0.15) is 5.56 Å². The SMILES string of the molecule is Cc1ccc(-c2cccc(-c3ccccc3)c2)cc1Cl. The van der Waals surface area contributed by atoms with Crippen molar-refractivity contribution in [2.75, 3.05) is 0 Å². The Bertz CT molecular complexity index is 730. The van der Waals surface area contributed by atoms with E-state index in [1.54, 1.807) is 0 Å². The van der Waals surface area contributed by atoms with Gasteiger partial charge in [-0.3, -0.25) is 0 Å². The average molecular weight is 279 g/mol. The molecule has 0 spiro atoms. The van der Waals surface area contributed by atoms with Crippen LogP contribution in [0.2, 0.25) is 5.02 Å². The fourth-order valence-corrected chi connectivity index (χ4v) is 2.46. The van der Waals surface area contributed by atoms with E-state index in [1.807, 2.05) is 19.1 Å². The molecule has 0 aliphatic heterocycles. The minimum absolute atomic E-state index is 0.813. The van der Waals surface area contributed by atoms with E-state index in [2.05, 4.69) is 60.7 Å². The Morgan fingerprint density at radius 2 is 1.20 bits per heavy atom. The molecule has 3 aromatic rings. The van der Waals surface area contributed by atoms with Crippen LogP contribution in [0, 0.1) is 6.92 Å². The third-order valence-corrected chi connectivity index (χ3v) is 3.88. The summed E-state index contributed by atoms with van der Waals surface area (Å²) in [4.78, 5) is 0. The lowest BCUT2D eigenvalue weighted by molar-refractivity contribution is 1.47. The molecule has 0 fully saturated rings. The van der Waals surface area contributed by atoms with Crippen LogP contribution in [-0.4, -0.2) is 0 Å². The molecule has 0 aliphatic rings. The molecule has 0 amide bonds. The van der Waals surface area contributed by atoms with Gasteiger partial charge in [0.15, 0.2) is 0 Å². The van der Waals surface area contributed by atoms with Gasteiger partial charge in [-0.05, 0) is 46.9 Å². The first kappa shape index (κ1) is 13.0. The lowest BCUT2D eigenvalue weighted by atomic mass is 9.98. The molecular weight excluding hydrogens is 264 g/mol. The summed E-state index contributed by atoms with van der Waals surface area (Å²) in [7, 11) is 0. The highest BCUT2D eigenvalue weighted by Gasteiger charge is 2.03. The second-order valence-corrected chi connectivity index (χ2v) is 5.32. The molecule has 3 aromatic carbocycles. The zero-order valence-corrected chi connectivity index (χ0v) is 12.1. The third kappa shape index (κ3) is 2.61. The Labute approximate surface area is 124 Å². The second kappa shape index (κ2) is 5.52. The van der Waals surface area contributed by atoms with Crippen LogP contribution in [0.5, 0.6) is 0 Å². The van der Waals surface area contributed by atoms with E-state index in [-0.39, 0.29) is 0 Å². The Kier molecular flexibility index (Phi) is 3.58. The molecule has 1 heteroatoms. The average Bonchev–Trinajstić information content (AvgIpc) is 2.51. The van der Waals surface area contributed by atoms with E-state index in [0.29, 0.717) is 0 Å². The van der Waals surface area contributed by atoms with Crippen molar-refractivity contribution in [1.29, 1.82) is 0 Å². The second-order valence-electron chi connectivity index (χ2n) is 4.91. The third-order valence-electron chi connectivity index (χ3n) is 3.47. The molecule has 3 rings (SSSR count). The van der Waals surface area contributed by atoms with Gasteiger partial charge in [0.1, 0.15) is 0 Å². The van der Waals surface area contributed by atoms with E-state index in [0.717, 1.165) is 16.1 Å². The maximum atomic E-state index is 6.22. The summed E-state index contributed by atoms with van der Waals surface area (Å²) in [5, 5.41) is 0.813. The smallest absolute Gasteiger partial charge is 0.0441 e. The molecule has 0 bridgehead atoms. The largest absolute Gasteiger partial charge is 0.0840 e.